The second-order valence-electron chi connectivity index (χ2n) is 7.13. The summed E-state index contributed by atoms with van der Waals surface area (Å²) in [5.41, 5.74) is 4.58. The molecular formula is C25H23Br2ClN2O4. The van der Waals surface area contributed by atoms with E-state index in [-0.39, 0.29) is 5.91 Å². The first-order valence-electron chi connectivity index (χ1n) is 10.4. The number of amides is 1. The smallest absolute Gasteiger partial charge is 0.271 e. The number of hydrazone groups is 1. The minimum atomic E-state index is -0.380. The Bertz CT molecular complexity index is 1170. The number of nitrogens with zero attached hydrogens (tertiary/aromatic N) is 1. The summed E-state index contributed by atoms with van der Waals surface area (Å²) >= 11 is 13.0. The third-order valence-corrected chi connectivity index (χ3v) is 5.89. The van der Waals surface area contributed by atoms with Crippen LogP contribution in [0.1, 0.15) is 34.8 Å². The largest absolute Gasteiger partial charge is 0.493 e. The first-order chi connectivity index (χ1) is 16.4. The average Bonchev–Trinajstić information content (AvgIpc) is 2.83. The van der Waals surface area contributed by atoms with Crippen molar-refractivity contribution in [3.63, 3.8) is 0 Å². The standard InChI is InChI=1S/C25H23Br2ClN2O4/c1-3-10-33-22-9-6-17(12-23(22)32-2)25(31)30-29-14-18-11-19(26)13-21(27)24(18)34-15-16-4-7-20(28)8-5-16/h4-9,11-14H,3,10,15H2,1-2H3,(H,30,31)/b29-14+. The lowest BCUT2D eigenvalue weighted by atomic mass is 10.2. The van der Waals surface area contributed by atoms with Gasteiger partial charge in [0.2, 0.25) is 0 Å². The highest BCUT2D eigenvalue weighted by molar-refractivity contribution is 9.11. The minimum absolute atomic E-state index is 0.344. The Hall–Kier alpha value is -2.55. The average molecular weight is 611 g/mol. The molecule has 3 aromatic carbocycles. The summed E-state index contributed by atoms with van der Waals surface area (Å²) in [7, 11) is 1.53. The number of halogens is 3. The highest BCUT2D eigenvalue weighted by atomic mass is 79.9. The number of carbonyl (C=O) groups excluding carboxylic acids is 1. The molecule has 0 aliphatic carbocycles. The van der Waals surface area contributed by atoms with Crippen molar-refractivity contribution >= 4 is 55.6 Å². The van der Waals surface area contributed by atoms with E-state index < -0.39 is 0 Å². The number of carbonyl (C=O) groups is 1. The molecule has 0 bridgehead atoms. The fourth-order valence-electron chi connectivity index (χ4n) is 2.93. The van der Waals surface area contributed by atoms with Gasteiger partial charge in [-0.05, 0) is 70.4 Å². The third kappa shape index (κ3) is 7.22. The molecule has 0 unspecified atom stereocenters. The Kier molecular flexibility index (Phi) is 9.80. The second kappa shape index (κ2) is 12.8. The van der Waals surface area contributed by atoms with E-state index in [9.17, 15) is 4.79 Å². The molecule has 1 amide bonds. The third-order valence-electron chi connectivity index (χ3n) is 4.59. The summed E-state index contributed by atoms with van der Waals surface area (Å²) < 4.78 is 18.6. The Morgan fingerprint density at radius 3 is 2.53 bits per heavy atom. The number of ether oxygens (including phenoxy) is 3. The Morgan fingerprint density at radius 2 is 1.82 bits per heavy atom. The van der Waals surface area contributed by atoms with Crippen molar-refractivity contribution in [2.45, 2.75) is 20.0 Å². The van der Waals surface area contributed by atoms with Crippen LogP contribution >= 0.6 is 43.5 Å². The van der Waals surface area contributed by atoms with E-state index in [1.54, 1.807) is 18.2 Å². The van der Waals surface area contributed by atoms with Crippen molar-refractivity contribution < 1.29 is 19.0 Å². The predicted octanol–water partition coefficient (Wildman–Crippen LogP) is 7.01. The highest BCUT2D eigenvalue weighted by Crippen LogP contribution is 2.33. The van der Waals surface area contributed by atoms with Crippen LogP contribution < -0.4 is 19.6 Å². The van der Waals surface area contributed by atoms with Crippen LogP contribution in [-0.2, 0) is 6.61 Å². The predicted molar refractivity (Wildman–Crippen MR) is 141 cm³/mol. The molecule has 178 valence electrons. The topological polar surface area (TPSA) is 69.2 Å². The van der Waals surface area contributed by atoms with Crippen molar-refractivity contribution in [2.75, 3.05) is 13.7 Å². The fraction of sp³-hybridized carbons (Fsp3) is 0.200. The lowest BCUT2D eigenvalue weighted by Crippen LogP contribution is -2.17. The Morgan fingerprint density at radius 1 is 1.06 bits per heavy atom. The Balaban J connectivity index is 1.72. The van der Waals surface area contributed by atoms with Crippen molar-refractivity contribution in [3.8, 4) is 17.2 Å². The van der Waals surface area contributed by atoms with E-state index >= 15 is 0 Å². The molecule has 0 saturated carbocycles. The molecule has 0 aliphatic rings. The molecule has 0 atom stereocenters. The maximum absolute atomic E-state index is 12.6. The molecule has 0 saturated heterocycles. The van der Waals surface area contributed by atoms with Crippen LogP contribution in [0.15, 0.2) is 68.6 Å². The van der Waals surface area contributed by atoms with Crippen LogP contribution in [0.25, 0.3) is 0 Å². The van der Waals surface area contributed by atoms with Gasteiger partial charge in [0.15, 0.2) is 11.5 Å². The van der Waals surface area contributed by atoms with Gasteiger partial charge < -0.3 is 14.2 Å². The molecule has 0 radical (unpaired) electrons. The summed E-state index contributed by atoms with van der Waals surface area (Å²) in [6, 6.07) is 16.1. The molecular weight excluding hydrogens is 588 g/mol. The van der Waals surface area contributed by atoms with Gasteiger partial charge in [0.25, 0.3) is 5.91 Å². The molecule has 9 heteroatoms. The van der Waals surface area contributed by atoms with Crippen LogP contribution in [0.3, 0.4) is 0 Å². The molecule has 0 aliphatic heterocycles. The minimum Gasteiger partial charge on any atom is -0.493 e. The zero-order valence-electron chi connectivity index (χ0n) is 18.6. The summed E-state index contributed by atoms with van der Waals surface area (Å²) in [6.45, 7) is 2.93. The molecule has 0 aromatic heterocycles. The fourth-order valence-corrected chi connectivity index (χ4v) is 4.43. The van der Waals surface area contributed by atoms with E-state index in [0.717, 1.165) is 20.9 Å². The van der Waals surface area contributed by atoms with Crippen LogP contribution in [0.4, 0.5) is 0 Å². The summed E-state index contributed by atoms with van der Waals surface area (Å²) in [6.07, 6.45) is 2.40. The molecule has 34 heavy (non-hydrogen) atoms. The van der Waals surface area contributed by atoms with E-state index in [4.69, 9.17) is 25.8 Å². The number of rotatable bonds is 10. The van der Waals surface area contributed by atoms with E-state index in [1.807, 2.05) is 43.3 Å². The molecule has 1 N–H and O–H groups in total. The van der Waals surface area contributed by atoms with Gasteiger partial charge in [-0.3, -0.25) is 4.79 Å². The number of benzene rings is 3. The first-order valence-corrected chi connectivity index (χ1v) is 12.4. The first kappa shape index (κ1) is 26.1. The summed E-state index contributed by atoms with van der Waals surface area (Å²) in [5.74, 6) is 1.29. The molecule has 6 nitrogen and oxygen atoms in total. The zero-order chi connectivity index (χ0) is 24.5. The van der Waals surface area contributed by atoms with Gasteiger partial charge in [-0.2, -0.15) is 5.10 Å². The van der Waals surface area contributed by atoms with Crippen molar-refractivity contribution in [1.29, 1.82) is 0 Å². The normalized spacial score (nSPS) is 10.9. The molecule has 0 fully saturated rings. The Labute approximate surface area is 220 Å². The highest BCUT2D eigenvalue weighted by Gasteiger charge is 2.12. The lowest BCUT2D eigenvalue weighted by Gasteiger charge is -2.12. The van der Waals surface area contributed by atoms with E-state index in [0.29, 0.717) is 46.6 Å². The summed E-state index contributed by atoms with van der Waals surface area (Å²) in [4.78, 5) is 12.6. The molecule has 3 rings (SSSR count). The number of methoxy groups -OCH3 is 1. The lowest BCUT2D eigenvalue weighted by molar-refractivity contribution is 0.0954. The maximum atomic E-state index is 12.6. The van der Waals surface area contributed by atoms with Crippen LogP contribution in [0, 0.1) is 0 Å². The van der Waals surface area contributed by atoms with Crippen LogP contribution in [0.2, 0.25) is 5.02 Å². The number of hydrogen-bond acceptors (Lipinski definition) is 5. The second-order valence-corrected chi connectivity index (χ2v) is 9.34. The van der Waals surface area contributed by atoms with E-state index in [1.165, 1.54) is 13.3 Å². The van der Waals surface area contributed by atoms with Crippen molar-refractivity contribution in [1.82, 2.24) is 5.43 Å². The zero-order valence-corrected chi connectivity index (χ0v) is 22.5. The summed E-state index contributed by atoms with van der Waals surface area (Å²) in [5, 5.41) is 4.78. The van der Waals surface area contributed by atoms with Crippen LogP contribution in [0.5, 0.6) is 17.2 Å². The molecule has 0 spiro atoms. The quantitative estimate of drug-likeness (QED) is 0.198. The van der Waals surface area contributed by atoms with Crippen molar-refractivity contribution in [2.24, 2.45) is 5.10 Å². The van der Waals surface area contributed by atoms with Gasteiger partial charge in [-0.15, -0.1) is 0 Å². The van der Waals surface area contributed by atoms with Crippen LogP contribution in [-0.4, -0.2) is 25.8 Å². The maximum Gasteiger partial charge on any atom is 0.271 e. The van der Waals surface area contributed by atoms with Gasteiger partial charge >= 0.3 is 0 Å². The molecule has 3 aromatic rings. The van der Waals surface area contributed by atoms with Gasteiger partial charge in [0.1, 0.15) is 12.4 Å². The van der Waals surface area contributed by atoms with Gasteiger partial charge in [0.05, 0.1) is 24.4 Å². The van der Waals surface area contributed by atoms with Gasteiger partial charge in [-0.25, -0.2) is 5.43 Å². The van der Waals surface area contributed by atoms with Gasteiger partial charge in [0, 0.05) is 20.6 Å². The monoisotopic (exact) mass is 608 g/mol. The number of nitrogens with one attached hydrogen (secondary N) is 1. The molecule has 0 heterocycles. The number of hydrogen-bond donors (Lipinski definition) is 1. The SMILES string of the molecule is CCCOc1ccc(C(=O)N/N=C/c2cc(Br)cc(Br)c2OCc2ccc(Cl)cc2)cc1OC. The van der Waals surface area contributed by atoms with Crippen molar-refractivity contribution in [3.05, 3.63) is 85.3 Å². The van der Waals surface area contributed by atoms with Gasteiger partial charge in [-0.1, -0.05) is 46.6 Å². The van der Waals surface area contributed by atoms with E-state index in [2.05, 4.69) is 42.4 Å².